The number of ether oxygens (including phenoxy) is 2. The Kier molecular flexibility index (Phi) is 8.09. The van der Waals surface area contributed by atoms with E-state index in [2.05, 4.69) is 21.9 Å². The third-order valence-corrected chi connectivity index (χ3v) is 4.74. The standard InChI is InChI=1S/C19H28F2N2O3/c1-14-7-3-5-11-23(14)12-6-4-10-22-18(24)15-8-9-16(26-19(20)21)17(13-15)25-2/h8-9,13-14,19H,3-7,10-12H2,1-2H3,(H,22,24). The number of piperidine rings is 1. The largest absolute Gasteiger partial charge is 0.493 e. The summed E-state index contributed by atoms with van der Waals surface area (Å²) in [6.07, 6.45) is 5.80. The minimum Gasteiger partial charge on any atom is -0.493 e. The number of nitrogens with one attached hydrogen (secondary N) is 1. The Morgan fingerprint density at radius 1 is 1.31 bits per heavy atom. The van der Waals surface area contributed by atoms with Gasteiger partial charge in [0, 0.05) is 18.2 Å². The van der Waals surface area contributed by atoms with Gasteiger partial charge in [0.05, 0.1) is 7.11 Å². The van der Waals surface area contributed by atoms with Gasteiger partial charge in [-0.3, -0.25) is 4.79 Å². The molecule has 1 aromatic rings. The van der Waals surface area contributed by atoms with E-state index in [9.17, 15) is 13.6 Å². The third-order valence-electron chi connectivity index (χ3n) is 4.74. The first-order valence-corrected chi connectivity index (χ1v) is 9.16. The molecule has 1 atom stereocenters. The molecule has 1 aromatic carbocycles. The maximum atomic E-state index is 12.3. The first-order chi connectivity index (χ1) is 12.5. The van der Waals surface area contributed by atoms with Crippen molar-refractivity contribution >= 4 is 5.91 Å². The number of alkyl halides is 2. The van der Waals surface area contributed by atoms with Gasteiger partial charge in [-0.15, -0.1) is 0 Å². The molecule has 2 rings (SSSR count). The second kappa shape index (κ2) is 10.3. The van der Waals surface area contributed by atoms with Crippen molar-refractivity contribution in [2.75, 3.05) is 26.7 Å². The van der Waals surface area contributed by atoms with Crippen LogP contribution < -0.4 is 14.8 Å². The van der Waals surface area contributed by atoms with E-state index in [4.69, 9.17) is 4.74 Å². The molecule has 1 aliphatic rings. The summed E-state index contributed by atoms with van der Waals surface area (Å²) in [4.78, 5) is 14.7. The van der Waals surface area contributed by atoms with Crippen molar-refractivity contribution < 1.29 is 23.0 Å². The lowest BCUT2D eigenvalue weighted by atomic mass is 10.0. The van der Waals surface area contributed by atoms with Gasteiger partial charge in [0.15, 0.2) is 11.5 Å². The number of unbranched alkanes of at least 4 members (excludes halogenated alkanes) is 1. The van der Waals surface area contributed by atoms with Crippen molar-refractivity contribution in [3.8, 4) is 11.5 Å². The van der Waals surface area contributed by atoms with Gasteiger partial charge in [-0.05, 0) is 63.9 Å². The molecule has 26 heavy (non-hydrogen) atoms. The fraction of sp³-hybridized carbons (Fsp3) is 0.632. The number of likely N-dealkylation sites (tertiary alicyclic amines) is 1. The number of nitrogens with zero attached hydrogens (tertiary/aromatic N) is 1. The van der Waals surface area contributed by atoms with Gasteiger partial charge >= 0.3 is 6.61 Å². The lowest BCUT2D eigenvalue weighted by molar-refractivity contribution is -0.0512. The zero-order valence-electron chi connectivity index (χ0n) is 15.5. The SMILES string of the molecule is COc1cc(C(=O)NCCCCN2CCCCC2C)ccc1OC(F)F. The number of hydrogen-bond donors (Lipinski definition) is 1. The quantitative estimate of drug-likeness (QED) is 0.674. The molecule has 146 valence electrons. The second-order valence-electron chi connectivity index (χ2n) is 6.59. The highest BCUT2D eigenvalue weighted by atomic mass is 19.3. The fourth-order valence-electron chi connectivity index (χ4n) is 3.24. The summed E-state index contributed by atoms with van der Waals surface area (Å²) in [5.41, 5.74) is 0.355. The van der Waals surface area contributed by atoms with E-state index in [1.54, 1.807) is 0 Å². The summed E-state index contributed by atoms with van der Waals surface area (Å²) in [5, 5.41) is 2.86. The maximum Gasteiger partial charge on any atom is 0.387 e. The fourth-order valence-corrected chi connectivity index (χ4v) is 3.24. The molecule has 1 unspecified atom stereocenters. The van der Waals surface area contributed by atoms with Crippen LogP contribution in [0.15, 0.2) is 18.2 Å². The summed E-state index contributed by atoms with van der Waals surface area (Å²) in [7, 11) is 1.34. The normalized spacial score (nSPS) is 18.0. The molecule has 5 nitrogen and oxygen atoms in total. The molecule has 1 amide bonds. The predicted octanol–water partition coefficient (Wildman–Crippen LogP) is 3.68. The van der Waals surface area contributed by atoms with Crippen LogP contribution in [0.4, 0.5) is 8.78 Å². The van der Waals surface area contributed by atoms with Crippen LogP contribution in [0.5, 0.6) is 11.5 Å². The summed E-state index contributed by atoms with van der Waals surface area (Å²) in [6, 6.07) is 4.82. The molecule has 1 aliphatic heterocycles. The van der Waals surface area contributed by atoms with Crippen molar-refractivity contribution in [3.05, 3.63) is 23.8 Å². The van der Waals surface area contributed by atoms with E-state index in [1.807, 2.05) is 0 Å². The minimum absolute atomic E-state index is 0.0882. The van der Waals surface area contributed by atoms with Crippen LogP contribution in [0.2, 0.25) is 0 Å². The van der Waals surface area contributed by atoms with E-state index in [0.717, 1.165) is 19.4 Å². The molecule has 0 radical (unpaired) electrons. The second-order valence-corrected chi connectivity index (χ2v) is 6.59. The number of carbonyl (C=O) groups is 1. The van der Waals surface area contributed by atoms with Crippen molar-refractivity contribution in [2.24, 2.45) is 0 Å². The van der Waals surface area contributed by atoms with E-state index < -0.39 is 6.61 Å². The average Bonchev–Trinajstić information content (AvgIpc) is 2.62. The van der Waals surface area contributed by atoms with Gasteiger partial charge in [-0.2, -0.15) is 8.78 Å². The highest BCUT2D eigenvalue weighted by molar-refractivity contribution is 5.94. The smallest absolute Gasteiger partial charge is 0.387 e. The maximum absolute atomic E-state index is 12.3. The van der Waals surface area contributed by atoms with Crippen molar-refractivity contribution in [1.29, 1.82) is 0 Å². The first kappa shape index (κ1) is 20.4. The Morgan fingerprint density at radius 3 is 2.81 bits per heavy atom. The van der Waals surface area contributed by atoms with E-state index in [-0.39, 0.29) is 17.4 Å². The molecule has 0 spiro atoms. The minimum atomic E-state index is -2.94. The number of benzene rings is 1. The van der Waals surface area contributed by atoms with Gasteiger partial charge in [0.1, 0.15) is 0 Å². The van der Waals surface area contributed by atoms with Gasteiger partial charge in [0.25, 0.3) is 5.91 Å². The predicted molar refractivity (Wildman–Crippen MR) is 96.1 cm³/mol. The molecule has 0 aromatic heterocycles. The molecular formula is C19H28F2N2O3. The number of halogens is 2. The Bertz CT molecular complexity index is 584. The highest BCUT2D eigenvalue weighted by Crippen LogP contribution is 2.29. The number of carbonyl (C=O) groups excluding carboxylic acids is 1. The number of amides is 1. The van der Waals surface area contributed by atoms with Crippen LogP contribution in [0, 0.1) is 0 Å². The number of hydrogen-bond acceptors (Lipinski definition) is 4. The molecule has 1 N–H and O–H groups in total. The molecule has 0 aliphatic carbocycles. The Hall–Kier alpha value is -1.89. The molecule has 1 saturated heterocycles. The van der Waals surface area contributed by atoms with Crippen LogP contribution in [-0.4, -0.2) is 50.2 Å². The number of rotatable bonds is 9. The van der Waals surface area contributed by atoms with Crippen molar-refractivity contribution in [1.82, 2.24) is 10.2 Å². The van der Waals surface area contributed by atoms with Crippen LogP contribution in [-0.2, 0) is 0 Å². The lowest BCUT2D eigenvalue weighted by Crippen LogP contribution is -2.38. The third kappa shape index (κ3) is 6.12. The highest BCUT2D eigenvalue weighted by Gasteiger charge is 2.17. The molecule has 0 bridgehead atoms. The number of methoxy groups -OCH3 is 1. The van der Waals surface area contributed by atoms with Crippen LogP contribution in [0.25, 0.3) is 0 Å². The molecular weight excluding hydrogens is 342 g/mol. The van der Waals surface area contributed by atoms with Gasteiger partial charge in [0.2, 0.25) is 0 Å². The van der Waals surface area contributed by atoms with Crippen molar-refractivity contribution in [3.63, 3.8) is 0 Å². The van der Waals surface area contributed by atoms with E-state index in [1.165, 1.54) is 51.1 Å². The monoisotopic (exact) mass is 370 g/mol. The van der Waals surface area contributed by atoms with Crippen LogP contribution in [0.3, 0.4) is 0 Å². The lowest BCUT2D eigenvalue weighted by Gasteiger charge is -2.33. The average molecular weight is 370 g/mol. The van der Waals surface area contributed by atoms with Gasteiger partial charge in [-0.1, -0.05) is 6.42 Å². The summed E-state index contributed by atoms with van der Waals surface area (Å²) in [5.74, 6) is -0.232. The van der Waals surface area contributed by atoms with Gasteiger partial charge in [-0.25, -0.2) is 0 Å². The van der Waals surface area contributed by atoms with Crippen LogP contribution in [0.1, 0.15) is 49.4 Å². The Labute approximate surface area is 153 Å². The zero-order valence-corrected chi connectivity index (χ0v) is 15.5. The molecule has 1 fully saturated rings. The molecule has 7 heteroatoms. The summed E-state index contributed by atoms with van der Waals surface area (Å²) >= 11 is 0. The van der Waals surface area contributed by atoms with Gasteiger partial charge < -0.3 is 19.7 Å². The topological polar surface area (TPSA) is 50.8 Å². The van der Waals surface area contributed by atoms with Crippen molar-refractivity contribution in [2.45, 2.75) is 51.7 Å². The Balaban J connectivity index is 1.75. The summed E-state index contributed by atoms with van der Waals surface area (Å²) in [6.45, 7) is 2.14. The van der Waals surface area contributed by atoms with Crippen LogP contribution >= 0.6 is 0 Å². The Morgan fingerprint density at radius 2 is 2.12 bits per heavy atom. The zero-order chi connectivity index (χ0) is 18.9. The summed E-state index contributed by atoms with van der Waals surface area (Å²) < 4.78 is 34.0. The molecule has 1 heterocycles. The van der Waals surface area contributed by atoms with E-state index >= 15 is 0 Å². The van der Waals surface area contributed by atoms with E-state index in [0.29, 0.717) is 18.2 Å². The molecule has 0 saturated carbocycles. The first-order valence-electron chi connectivity index (χ1n) is 9.16.